The third-order valence-electron chi connectivity index (χ3n) is 3.91. The van der Waals surface area contributed by atoms with Gasteiger partial charge in [-0.3, -0.25) is 0 Å². The Morgan fingerprint density at radius 3 is 2.53 bits per heavy atom. The van der Waals surface area contributed by atoms with Crippen molar-refractivity contribution in [2.75, 3.05) is 20.3 Å². The molecule has 0 bridgehead atoms. The zero-order chi connectivity index (χ0) is 13.6. The van der Waals surface area contributed by atoms with Crippen LogP contribution in [-0.4, -0.2) is 31.0 Å². The molecule has 3 heteroatoms. The smallest absolute Gasteiger partial charge is 0.0880 e. The fourth-order valence-corrected chi connectivity index (χ4v) is 2.71. The Morgan fingerprint density at radius 1 is 1.21 bits per heavy atom. The summed E-state index contributed by atoms with van der Waals surface area (Å²) < 4.78 is 10.9. The van der Waals surface area contributed by atoms with E-state index in [0.29, 0.717) is 19.1 Å². The van der Waals surface area contributed by atoms with Crippen LogP contribution in [0.1, 0.15) is 31.2 Å². The van der Waals surface area contributed by atoms with Crippen molar-refractivity contribution in [3.05, 3.63) is 35.9 Å². The maximum absolute atomic E-state index is 10.2. The topological polar surface area (TPSA) is 38.7 Å². The third kappa shape index (κ3) is 4.60. The Morgan fingerprint density at radius 2 is 1.89 bits per heavy atom. The first-order valence-corrected chi connectivity index (χ1v) is 7.05. The minimum absolute atomic E-state index is 0.449. The molecule has 1 aromatic rings. The highest BCUT2D eigenvalue weighted by atomic mass is 16.5. The standard InChI is InChI=1S/C16H24O3/c1-18-13-16(17)9-7-15(8-10-16)12-19-11-14-5-3-2-4-6-14/h2-6,15,17H,7-13H2,1H3. The Balaban J connectivity index is 1.66. The van der Waals surface area contributed by atoms with Crippen LogP contribution in [-0.2, 0) is 16.1 Å². The molecular weight excluding hydrogens is 240 g/mol. The summed E-state index contributed by atoms with van der Waals surface area (Å²) in [6.07, 6.45) is 3.68. The van der Waals surface area contributed by atoms with E-state index in [0.717, 1.165) is 32.3 Å². The summed E-state index contributed by atoms with van der Waals surface area (Å²) in [4.78, 5) is 0. The molecule has 1 aromatic carbocycles. The molecule has 0 aliphatic heterocycles. The zero-order valence-electron chi connectivity index (χ0n) is 11.7. The molecule has 0 amide bonds. The van der Waals surface area contributed by atoms with Gasteiger partial charge in [0.15, 0.2) is 0 Å². The first kappa shape index (κ1) is 14.5. The lowest BCUT2D eigenvalue weighted by atomic mass is 9.79. The van der Waals surface area contributed by atoms with E-state index in [9.17, 15) is 5.11 Å². The second kappa shape index (κ2) is 7.04. The van der Waals surface area contributed by atoms with Crippen LogP contribution in [0.5, 0.6) is 0 Å². The highest BCUT2D eigenvalue weighted by molar-refractivity contribution is 5.13. The highest BCUT2D eigenvalue weighted by Crippen LogP contribution is 2.32. The van der Waals surface area contributed by atoms with Crippen molar-refractivity contribution in [2.45, 2.75) is 37.9 Å². The second-order valence-corrected chi connectivity index (χ2v) is 5.60. The van der Waals surface area contributed by atoms with E-state index in [1.54, 1.807) is 7.11 Å². The molecule has 0 atom stereocenters. The highest BCUT2D eigenvalue weighted by Gasteiger charge is 2.33. The van der Waals surface area contributed by atoms with Crippen molar-refractivity contribution in [3.8, 4) is 0 Å². The van der Waals surface area contributed by atoms with Crippen LogP contribution in [0.3, 0.4) is 0 Å². The number of hydrogen-bond donors (Lipinski definition) is 1. The van der Waals surface area contributed by atoms with Gasteiger partial charge in [-0.05, 0) is 37.2 Å². The fraction of sp³-hybridized carbons (Fsp3) is 0.625. The van der Waals surface area contributed by atoms with Gasteiger partial charge in [-0.2, -0.15) is 0 Å². The van der Waals surface area contributed by atoms with E-state index in [1.807, 2.05) is 18.2 Å². The van der Waals surface area contributed by atoms with Crippen molar-refractivity contribution >= 4 is 0 Å². The van der Waals surface area contributed by atoms with E-state index in [4.69, 9.17) is 9.47 Å². The molecule has 1 aliphatic rings. The van der Waals surface area contributed by atoms with Crippen LogP contribution < -0.4 is 0 Å². The van der Waals surface area contributed by atoms with Gasteiger partial charge in [-0.25, -0.2) is 0 Å². The van der Waals surface area contributed by atoms with E-state index in [2.05, 4.69) is 12.1 Å². The summed E-state index contributed by atoms with van der Waals surface area (Å²) >= 11 is 0. The lowest BCUT2D eigenvalue weighted by molar-refractivity contribution is -0.0716. The van der Waals surface area contributed by atoms with Crippen molar-refractivity contribution in [1.29, 1.82) is 0 Å². The van der Waals surface area contributed by atoms with Gasteiger partial charge in [0.1, 0.15) is 0 Å². The predicted octanol–water partition coefficient (Wildman–Crippen LogP) is 2.77. The van der Waals surface area contributed by atoms with Gasteiger partial charge < -0.3 is 14.6 Å². The van der Waals surface area contributed by atoms with Gasteiger partial charge in [0.25, 0.3) is 0 Å². The van der Waals surface area contributed by atoms with Gasteiger partial charge in [-0.15, -0.1) is 0 Å². The van der Waals surface area contributed by atoms with Crippen LogP contribution in [0.2, 0.25) is 0 Å². The molecule has 0 unspecified atom stereocenters. The molecule has 1 fully saturated rings. The van der Waals surface area contributed by atoms with Crippen LogP contribution >= 0.6 is 0 Å². The number of benzene rings is 1. The van der Waals surface area contributed by atoms with E-state index in [1.165, 1.54) is 5.56 Å². The van der Waals surface area contributed by atoms with E-state index >= 15 is 0 Å². The summed E-state index contributed by atoms with van der Waals surface area (Å²) in [7, 11) is 1.65. The van der Waals surface area contributed by atoms with Gasteiger partial charge in [0.2, 0.25) is 0 Å². The molecular formula is C16H24O3. The molecule has 1 saturated carbocycles. The SMILES string of the molecule is COCC1(O)CCC(COCc2ccccc2)CC1. The van der Waals surface area contributed by atoms with Gasteiger partial charge in [0, 0.05) is 13.7 Å². The normalized spacial score (nSPS) is 27.4. The minimum Gasteiger partial charge on any atom is -0.387 e. The number of hydrogen-bond acceptors (Lipinski definition) is 3. The zero-order valence-corrected chi connectivity index (χ0v) is 11.7. The van der Waals surface area contributed by atoms with Crippen molar-refractivity contribution < 1.29 is 14.6 Å². The fourth-order valence-electron chi connectivity index (χ4n) is 2.71. The summed E-state index contributed by atoms with van der Waals surface area (Å²) in [6.45, 7) is 1.92. The van der Waals surface area contributed by atoms with Gasteiger partial charge >= 0.3 is 0 Å². The molecule has 106 valence electrons. The molecule has 0 spiro atoms. The second-order valence-electron chi connectivity index (χ2n) is 5.60. The average Bonchev–Trinajstić information content (AvgIpc) is 2.43. The molecule has 0 aromatic heterocycles. The molecule has 0 radical (unpaired) electrons. The van der Waals surface area contributed by atoms with E-state index in [-0.39, 0.29) is 0 Å². The van der Waals surface area contributed by atoms with Crippen LogP contribution in [0.15, 0.2) is 30.3 Å². The lowest BCUT2D eigenvalue weighted by Gasteiger charge is -2.35. The largest absolute Gasteiger partial charge is 0.387 e. The predicted molar refractivity (Wildman–Crippen MR) is 74.9 cm³/mol. The van der Waals surface area contributed by atoms with Gasteiger partial charge in [-0.1, -0.05) is 30.3 Å². The molecule has 1 N–H and O–H groups in total. The number of rotatable bonds is 6. The maximum atomic E-state index is 10.2. The third-order valence-corrected chi connectivity index (χ3v) is 3.91. The number of aliphatic hydroxyl groups is 1. The Labute approximate surface area is 115 Å². The quantitative estimate of drug-likeness (QED) is 0.858. The maximum Gasteiger partial charge on any atom is 0.0880 e. The number of ether oxygens (including phenoxy) is 2. The van der Waals surface area contributed by atoms with Crippen LogP contribution in [0.25, 0.3) is 0 Å². The Hall–Kier alpha value is -0.900. The Kier molecular flexibility index (Phi) is 5.37. The molecule has 0 saturated heterocycles. The molecule has 19 heavy (non-hydrogen) atoms. The average molecular weight is 264 g/mol. The van der Waals surface area contributed by atoms with Gasteiger partial charge in [0.05, 0.1) is 18.8 Å². The minimum atomic E-state index is -0.606. The summed E-state index contributed by atoms with van der Waals surface area (Å²) in [6, 6.07) is 10.2. The van der Waals surface area contributed by atoms with Crippen molar-refractivity contribution in [3.63, 3.8) is 0 Å². The first-order valence-electron chi connectivity index (χ1n) is 7.05. The van der Waals surface area contributed by atoms with E-state index < -0.39 is 5.60 Å². The molecule has 3 nitrogen and oxygen atoms in total. The Bertz CT molecular complexity index is 356. The molecule has 2 rings (SSSR count). The summed E-state index contributed by atoms with van der Waals surface area (Å²) in [5.74, 6) is 0.570. The summed E-state index contributed by atoms with van der Waals surface area (Å²) in [5.41, 5.74) is 0.610. The van der Waals surface area contributed by atoms with Crippen LogP contribution in [0, 0.1) is 5.92 Å². The number of methoxy groups -OCH3 is 1. The monoisotopic (exact) mass is 264 g/mol. The van der Waals surface area contributed by atoms with Crippen molar-refractivity contribution in [2.24, 2.45) is 5.92 Å². The summed E-state index contributed by atoms with van der Waals surface area (Å²) in [5, 5.41) is 10.2. The first-order chi connectivity index (χ1) is 9.22. The molecule has 0 heterocycles. The van der Waals surface area contributed by atoms with Crippen molar-refractivity contribution in [1.82, 2.24) is 0 Å². The lowest BCUT2D eigenvalue weighted by Crippen LogP contribution is -2.39. The van der Waals surface area contributed by atoms with Crippen LogP contribution in [0.4, 0.5) is 0 Å². The molecule has 1 aliphatic carbocycles.